The van der Waals surface area contributed by atoms with Crippen LogP contribution in [-0.2, 0) is 0 Å². The Morgan fingerprint density at radius 1 is 1.21 bits per heavy atom. The third kappa shape index (κ3) is 3.74. The normalized spacial score (nSPS) is 15.3. The quantitative estimate of drug-likeness (QED) is 0.888. The Morgan fingerprint density at radius 2 is 1.88 bits per heavy atom. The molecular weight excluding hydrogens is 326 g/mol. The van der Waals surface area contributed by atoms with Crippen LogP contribution in [0.2, 0.25) is 0 Å². The molecule has 0 unspecified atom stereocenters. The van der Waals surface area contributed by atoms with Crippen molar-refractivity contribution in [3.05, 3.63) is 34.6 Å². The van der Waals surface area contributed by atoms with E-state index < -0.39 is 0 Å². The second kappa shape index (κ2) is 8.01. The standard InChI is InChI=1S/C18H25N3O2.ClH/c1-12-4-5-13(2)16-15(12)14(3)17(23-16)18(22)20-8-11-21-9-6-19-7-10-21;/h4-5,19H,6-11H2,1-3H3,(H,20,22);1H. The first-order valence-corrected chi connectivity index (χ1v) is 8.28. The molecule has 132 valence electrons. The Balaban J connectivity index is 0.00000208. The van der Waals surface area contributed by atoms with Crippen LogP contribution in [0.5, 0.6) is 0 Å². The summed E-state index contributed by atoms with van der Waals surface area (Å²) in [6.45, 7) is 11.7. The van der Waals surface area contributed by atoms with Crippen molar-refractivity contribution in [1.29, 1.82) is 0 Å². The maximum Gasteiger partial charge on any atom is 0.287 e. The SMILES string of the molecule is Cc1ccc(C)c2c(C)c(C(=O)NCCN3CCNCC3)oc12.Cl. The summed E-state index contributed by atoms with van der Waals surface area (Å²) < 4.78 is 5.88. The zero-order valence-electron chi connectivity index (χ0n) is 14.6. The third-order valence-corrected chi connectivity index (χ3v) is 4.61. The predicted octanol–water partition coefficient (Wildman–Crippen LogP) is 2.41. The van der Waals surface area contributed by atoms with Crippen molar-refractivity contribution in [1.82, 2.24) is 15.5 Å². The highest BCUT2D eigenvalue weighted by molar-refractivity contribution is 6.00. The molecule has 0 bridgehead atoms. The molecule has 1 aliphatic rings. The molecule has 1 aliphatic heterocycles. The van der Waals surface area contributed by atoms with Crippen LogP contribution < -0.4 is 10.6 Å². The lowest BCUT2D eigenvalue weighted by Crippen LogP contribution is -2.46. The Morgan fingerprint density at radius 3 is 2.54 bits per heavy atom. The Bertz CT molecular complexity index is 721. The summed E-state index contributed by atoms with van der Waals surface area (Å²) >= 11 is 0. The molecule has 1 aromatic heterocycles. The molecule has 0 spiro atoms. The lowest BCUT2D eigenvalue weighted by atomic mass is 10.0. The average Bonchev–Trinajstić information content (AvgIpc) is 2.91. The van der Waals surface area contributed by atoms with Gasteiger partial charge >= 0.3 is 0 Å². The number of aryl methyl sites for hydroxylation is 3. The summed E-state index contributed by atoms with van der Waals surface area (Å²) in [6, 6.07) is 4.11. The number of benzene rings is 1. The molecule has 0 saturated carbocycles. The van der Waals surface area contributed by atoms with Gasteiger partial charge in [0.25, 0.3) is 5.91 Å². The van der Waals surface area contributed by atoms with Crippen LogP contribution in [0.15, 0.2) is 16.5 Å². The zero-order chi connectivity index (χ0) is 16.4. The Labute approximate surface area is 149 Å². The highest BCUT2D eigenvalue weighted by atomic mass is 35.5. The van der Waals surface area contributed by atoms with Crippen LogP contribution in [-0.4, -0.2) is 50.1 Å². The van der Waals surface area contributed by atoms with Crippen molar-refractivity contribution in [3.63, 3.8) is 0 Å². The number of carbonyl (C=O) groups excluding carboxylic acids is 1. The molecule has 2 aromatic rings. The van der Waals surface area contributed by atoms with Gasteiger partial charge in [0.05, 0.1) is 0 Å². The molecule has 0 radical (unpaired) electrons. The molecule has 24 heavy (non-hydrogen) atoms. The van der Waals surface area contributed by atoms with Crippen molar-refractivity contribution in [2.75, 3.05) is 39.3 Å². The molecule has 3 rings (SSSR count). The highest BCUT2D eigenvalue weighted by Crippen LogP contribution is 2.30. The predicted molar refractivity (Wildman–Crippen MR) is 99.3 cm³/mol. The number of carbonyl (C=O) groups is 1. The van der Waals surface area contributed by atoms with Gasteiger partial charge in [-0.1, -0.05) is 12.1 Å². The number of hydrogen-bond donors (Lipinski definition) is 2. The smallest absolute Gasteiger partial charge is 0.287 e. The molecule has 1 amide bonds. The topological polar surface area (TPSA) is 57.5 Å². The van der Waals surface area contributed by atoms with Gasteiger partial charge in [-0.2, -0.15) is 0 Å². The molecule has 6 heteroatoms. The van der Waals surface area contributed by atoms with E-state index in [1.807, 2.05) is 19.9 Å². The van der Waals surface area contributed by atoms with Crippen molar-refractivity contribution >= 4 is 29.3 Å². The van der Waals surface area contributed by atoms with Crippen LogP contribution in [0.3, 0.4) is 0 Å². The maximum atomic E-state index is 12.5. The van der Waals surface area contributed by atoms with E-state index >= 15 is 0 Å². The second-order valence-corrected chi connectivity index (χ2v) is 6.31. The van der Waals surface area contributed by atoms with Crippen molar-refractivity contribution in [3.8, 4) is 0 Å². The first-order chi connectivity index (χ1) is 11.1. The van der Waals surface area contributed by atoms with E-state index in [0.717, 1.165) is 60.4 Å². The summed E-state index contributed by atoms with van der Waals surface area (Å²) in [5.74, 6) is 0.324. The summed E-state index contributed by atoms with van der Waals surface area (Å²) in [5, 5.41) is 7.39. The fourth-order valence-electron chi connectivity index (χ4n) is 3.23. The van der Waals surface area contributed by atoms with Crippen LogP contribution in [0, 0.1) is 20.8 Å². The molecule has 1 fully saturated rings. The van der Waals surface area contributed by atoms with Crippen LogP contribution in [0.1, 0.15) is 27.2 Å². The number of rotatable bonds is 4. The minimum Gasteiger partial charge on any atom is -0.450 e. The number of hydrogen-bond acceptors (Lipinski definition) is 4. The van der Waals surface area contributed by atoms with Gasteiger partial charge < -0.3 is 15.1 Å². The van der Waals surface area contributed by atoms with Gasteiger partial charge in [0.1, 0.15) is 5.58 Å². The molecule has 2 N–H and O–H groups in total. The van der Waals surface area contributed by atoms with Gasteiger partial charge in [-0.05, 0) is 31.9 Å². The first kappa shape index (κ1) is 18.8. The van der Waals surface area contributed by atoms with E-state index in [9.17, 15) is 4.79 Å². The van der Waals surface area contributed by atoms with Gasteiger partial charge in [-0.15, -0.1) is 12.4 Å². The molecule has 1 aromatic carbocycles. The van der Waals surface area contributed by atoms with E-state index in [0.29, 0.717) is 12.3 Å². The number of fused-ring (bicyclic) bond motifs is 1. The van der Waals surface area contributed by atoms with E-state index in [2.05, 4.69) is 28.5 Å². The van der Waals surface area contributed by atoms with E-state index in [1.165, 1.54) is 0 Å². The Kier molecular flexibility index (Phi) is 6.27. The number of piperazine rings is 1. The lowest BCUT2D eigenvalue weighted by molar-refractivity contribution is 0.0921. The van der Waals surface area contributed by atoms with Crippen LogP contribution >= 0.6 is 12.4 Å². The fourth-order valence-corrected chi connectivity index (χ4v) is 3.23. The van der Waals surface area contributed by atoms with Gasteiger partial charge in [-0.25, -0.2) is 0 Å². The summed E-state index contributed by atoms with van der Waals surface area (Å²) in [7, 11) is 0. The number of amides is 1. The minimum absolute atomic E-state index is 0. The summed E-state index contributed by atoms with van der Waals surface area (Å²) in [6.07, 6.45) is 0. The number of nitrogens with zero attached hydrogens (tertiary/aromatic N) is 1. The van der Waals surface area contributed by atoms with Crippen molar-refractivity contribution in [2.45, 2.75) is 20.8 Å². The minimum atomic E-state index is -0.118. The highest BCUT2D eigenvalue weighted by Gasteiger charge is 2.20. The van der Waals surface area contributed by atoms with Gasteiger partial charge in [0, 0.05) is 50.2 Å². The van der Waals surface area contributed by atoms with Crippen molar-refractivity contribution in [2.24, 2.45) is 0 Å². The fraction of sp³-hybridized carbons (Fsp3) is 0.500. The molecule has 1 saturated heterocycles. The first-order valence-electron chi connectivity index (χ1n) is 8.28. The van der Waals surface area contributed by atoms with Crippen molar-refractivity contribution < 1.29 is 9.21 Å². The third-order valence-electron chi connectivity index (χ3n) is 4.61. The molecule has 2 heterocycles. The second-order valence-electron chi connectivity index (χ2n) is 6.31. The van der Waals surface area contributed by atoms with E-state index in [4.69, 9.17) is 4.42 Å². The monoisotopic (exact) mass is 351 g/mol. The van der Waals surface area contributed by atoms with E-state index in [-0.39, 0.29) is 18.3 Å². The lowest BCUT2D eigenvalue weighted by Gasteiger charge is -2.26. The largest absolute Gasteiger partial charge is 0.450 e. The maximum absolute atomic E-state index is 12.5. The zero-order valence-corrected chi connectivity index (χ0v) is 15.4. The molecule has 0 aliphatic carbocycles. The van der Waals surface area contributed by atoms with Gasteiger partial charge in [-0.3, -0.25) is 9.69 Å². The number of furan rings is 1. The molecular formula is C18H26ClN3O2. The summed E-state index contributed by atoms with van der Waals surface area (Å²) in [4.78, 5) is 14.8. The van der Waals surface area contributed by atoms with E-state index in [1.54, 1.807) is 0 Å². The van der Waals surface area contributed by atoms with Crippen LogP contribution in [0.4, 0.5) is 0 Å². The summed E-state index contributed by atoms with van der Waals surface area (Å²) in [5.41, 5.74) is 3.97. The van der Waals surface area contributed by atoms with Gasteiger partial charge in [0.2, 0.25) is 0 Å². The van der Waals surface area contributed by atoms with Crippen LogP contribution in [0.25, 0.3) is 11.0 Å². The Hall–Kier alpha value is -1.56. The number of nitrogens with one attached hydrogen (secondary N) is 2. The van der Waals surface area contributed by atoms with Gasteiger partial charge in [0.15, 0.2) is 5.76 Å². The molecule has 5 nitrogen and oxygen atoms in total. The average molecular weight is 352 g/mol. The molecule has 0 atom stereocenters. The number of halogens is 1.